The van der Waals surface area contributed by atoms with Crippen LogP contribution in [-0.4, -0.2) is 31.1 Å². The highest BCUT2D eigenvalue weighted by atomic mass is 16.3. The van der Waals surface area contributed by atoms with Crippen molar-refractivity contribution >= 4 is 0 Å². The van der Waals surface area contributed by atoms with Gasteiger partial charge in [-0.1, -0.05) is 6.92 Å². The number of likely N-dealkylation sites (N-methyl/N-ethyl adjacent to an activating group) is 1. The van der Waals surface area contributed by atoms with Crippen LogP contribution in [0.5, 0.6) is 0 Å². The first-order chi connectivity index (χ1) is 7.65. The molecule has 0 amide bonds. The topological polar surface area (TPSA) is 28.4 Å². The van der Waals surface area contributed by atoms with Crippen molar-refractivity contribution < 1.29 is 4.42 Å². The van der Waals surface area contributed by atoms with Gasteiger partial charge < -0.3 is 9.73 Å². The zero-order chi connectivity index (χ0) is 11.5. The molecule has 2 heterocycles. The molecule has 0 aliphatic carbocycles. The number of rotatable bonds is 4. The summed E-state index contributed by atoms with van der Waals surface area (Å²) in [6.07, 6.45) is 1.30. The molecule has 2 rings (SSSR count). The van der Waals surface area contributed by atoms with Gasteiger partial charge in [-0.15, -0.1) is 0 Å². The minimum Gasteiger partial charge on any atom is -0.465 e. The van der Waals surface area contributed by atoms with E-state index in [1.165, 1.54) is 13.0 Å². The van der Waals surface area contributed by atoms with Crippen LogP contribution in [0.25, 0.3) is 0 Å². The largest absolute Gasteiger partial charge is 0.465 e. The molecule has 1 saturated heterocycles. The van der Waals surface area contributed by atoms with Crippen molar-refractivity contribution in [3.63, 3.8) is 0 Å². The summed E-state index contributed by atoms with van der Waals surface area (Å²) in [5, 5.41) is 3.56. The van der Waals surface area contributed by atoms with Crippen molar-refractivity contribution in [1.82, 2.24) is 10.2 Å². The van der Waals surface area contributed by atoms with Crippen LogP contribution in [0.3, 0.4) is 0 Å². The average molecular weight is 222 g/mol. The lowest BCUT2D eigenvalue weighted by Gasteiger charge is -2.22. The Morgan fingerprint density at radius 2 is 2.31 bits per heavy atom. The summed E-state index contributed by atoms with van der Waals surface area (Å²) < 4.78 is 5.58. The minimum absolute atomic E-state index is 0.640. The Bertz CT molecular complexity index is 334. The van der Waals surface area contributed by atoms with E-state index in [1.54, 1.807) is 0 Å². The van der Waals surface area contributed by atoms with Crippen LogP contribution >= 0.6 is 0 Å². The monoisotopic (exact) mass is 222 g/mol. The van der Waals surface area contributed by atoms with E-state index in [0.717, 1.165) is 30.5 Å². The molecule has 0 aromatic carbocycles. The van der Waals surface area contributed by atoms with E-state index in [0.29, 0.717) is 6.04 Å². The van der Waals surface area contributed by atoms with E-state index < -0.39 is 0 Å². The number of hydrogen-bond donors (Lipinski definition) is 1. The lowest BCUT2D eigenvalue weighted by atomic mass is 10.0. The van der Waals surface area contributed by atoms with Gasteiger partial charge in [0.15, 0.2) is 0 Å². The maximum absolute atomic E-state index is 5.58. The highest BCUT2D eigenvalue weighted by molar-refractivity contribution is 5.05. The number of nitrogens with zero attached hydrogens (tertiary/aromatic N) is 1. The van der Waals surface area contributed by atoms with Gasteiger partial charge in [0.25, 0.3) is 0 Å². The van der Waals surface area contributed by atoms with Crippen molar-refractivity contribution in [3.8, 4) is 0 Å². The summed E-state index contributed by atoms with van der Waals surface area (Å²) >= 11 is 0. The van der Waals surface area contributed by atoms with Crippen LogP contribution in [-0.2, 0) is 6.54 Å². The summed E-state index contributed by atoms with van der Waals surface area (Å²) in [6.45, 7) is 7.48. The van der Waals surface area contributed by atoms with Gasteiger partial charge in [0.2, 0.25) is 0 Å². The van der Waals surface area contributed by atoms with E-state index in [1.807, 2.05) is 13.0 Å². The van der Waals surface area contributed by atoms with E-state index in [-0.39, 0.29) is 0 Å². The number of aryl methyl sites for hydroxylation is 1. The molecule has 16 heavy (non-hydrogen) atoms. The molecule has 90 valence electrons. The maximum Gasteiger partial charge on any atom is 0.118 e. The molecule has 2 atom stereocenters. The van der Waals surface area contributed by atoms with Crippen molar-refractivity contribution in [2.45, 2.75) is 32.9 Å². The summed E-state index contributed by atoms with van der Waals surface area (Å²) in [4.78, 5) is 2.33. The molecule has 1 N–H and O–H groups in total. The van der Waals surface area contributed by atoms with Crippen LogP contribution in [0.2, 0.25) is 0 Å². The third kappa shape index (κ3) is 2.86. The van der Waals surface area contributed by atoms with Crippen LogP contribution in [0.15, 0.2) is 16.5 Å². The van der Waals surface area contributed by atoms with Crippen molar-refractivity contribution in [2.24, 2.45) is 5.92 Å². The molecular weight excluding hydrogens is 200 g/mol. The molecule has 2 unspecified atom stereocenters. The summed E-state index contributed by atoms with van der Waals surface area (Å²) in [5.41, 5.74) is 0. The first-order valence-corrected chi connectivity index (χ1v) is 6.12. The number of hydrogen-bond acceptors (Lipinski definition) is 3. The summed E-state index contributed by atoms with van der Waals surface area (Å²) in [7, 11) is 2.16. The second-order valence-corrected chi connectivity index (χ2v) is 5.04. The van der Waals surface area contributed by atoms with Crippen LogP contribution in [0.1, 0.15) is 24.9 Å². The molecule has 1 aliphatic rings. The fourth-order valence-corrected chi connectivity index (χ4v) is 2.38. The third-order valence-electron chi connectivity index (χ3n) is 3.42. The Hall–Kier alpha value is -0.800. The van der Waals surface area contributed by atoms with Crippen LogP contribution < -0.4 is 5.32 Å². The van der Waals surface area contributed by atoms with Gasteiger partial charge >= 0.3 is 0 Å². The molecular formula is C13H22N2O. The quantitative estimate of drug-likeness (QED) is 0.845. The lowest BCUT2D eigenvalue weighted by Crippen LogP contribution is -2.37. The summed E-state index contributed by atoms with van der Waals surface area (Å²) in [5.74, 6) is 2.85. The number of furan rings is 1. The van der Waals surface area contributed by atoms with Crippen molar-refractivity contribution in [3.05, 3.63) is 23.7 Å². The first-order valence-electron chi connectivity index (χ1n) is 6.12. The van der Waals surface area contributed by atoms with E-state index in [4.69, 9.17) is 4.42 Å². The van der Waals surface area contributed by atoms with Crippen molar-refractivity contribution in [2.75, 3.05) is 20.1 Å². The molecule has 0 bridgehead atoms. The zero-order valence-electron chi connectivity index (χ0n) is 10.5. The third-order valence-corrected chi connectivity index (χ3v) is 3.42. The fourth-order valence-electron chi connectivity index (χ4n) is 2.38. The predicted octanol–water partition coefficient (Wildman–Crippen LogP) is 2.02. The maximum atomic E-state index is 5.58. The highest BCUT2D eigenvalue weighted by Gasteiger charge is 2.23. The SMILES string of the molecule is Cc1ccc(CN(C)CC2NCCC2C)o1. The molecule has 1 aromatic rings. The van der Waals surface area contributed by atoms with Gasteiger partial charge in [0.1, 0.15) is 11.5 Å². The molecule has 1 aromatic heterocycles. The van der Waals surface area contributed by atoms with Gasteiger partial charge in [-0.3, -0.25) is 4.90 Å². The Morgan fingerprint density at radius 3 is 2.88 bits per heavy atom. The van der Waals surface area contributed by atoms with Gasteiger partial charge in [0, 0.05) is 12.6 Å². The molecule has 0 spiro atoms. The standard InChI is InChI=1S/C13H22N2O/c1-10-6-7-14-13(10)9-15(3)8-12-5-4-11(2)16-12/h4-5,10,13-14H,6-9H2,1-3H3. The van der Waals surface area contributed by atoms with E-state index in [2.05, 4.69) is 30.3 Å². The molecule has 3 nitrogen and oxygen atoms in total. The zero-order valence-corrected chi connectivity index (χ0v) is 10.5. The molecule has 3 heteroatoms. The second kappa shape index (κ2) is 5.02. The Kier molecular flexibility index (Phi) is 3.66. The molecule has 1 fully saturated rings. The fraction of sp³-hybridized carbons (Fsp3) is 0.692. The molecule has 0 saturated carbocycles. The lowest BCUT2D eigenvalue weighted by molar-refractivity contribution is 0.251. The second-order valence-electron chi connectivity index (χ2n) is 5.04. The van der Waals surface area contributed by atoms with Gasteiger partial charge in [-0.25, -0.2) is 0 Å². The van der Waals surface area contributed by atoms with Crippen molar-refractivity contribution in [1.29, 1.82) is 0 Å². The van der Waals surface area contributed by atoms with Crippen LogP contribution in [0, 0.1) is 12.8 Å². The van der Waals surface area contributed by atoms with Gasteiger partial charge in [-0.05, 0) is 45.0 Å². The Labute approximate surface area is 97.8 Å². The Morgan fingerprint density at radius 1 is 1.50 bits per heavy atom. The molecule has 1 aliphatic heterocycles. The average Bonchev–Trinajstić information content (AvgIpc) is 2.77. The normalized spacial score (nSPS) is 25.5. The van der Waals surface area contributed by atoms with Gasteiger partial charge in [-0.2, -0.15) is 0 Å². The summed E-state index contributed by atoms with van der Waals surface area (Å²) in [6, 6.07) is 4.73. The first kappa shape index (κ1) is 11.7. The van der Waals surface area contributed by atoms with E-state index >= 15 is 0 Å². The smallest absolute Gasteiger partial charge is 0.118 e. The Balaban J connectivity index is 1.82. The number of nitrogens with one attached hydrogen (secondary N) is 1. The van der Waals surface area contributed by atoms with E-state index in [9.17, 15) is 0 Å². The van der Waals surface area contributed by atoms with Crippen LogP contribution in [0.4, 0.5) is 0 Å². The molecule has 0 radical (unpaired) electrons. The minimum atomic E-state index is 0.640. The predicted molar refractivity (Wildman–Crippen MR) is 65.4 cm³/mol. The van der Waals surface area contributed by atoms with Gasteiger partial charge in [0.05, 0.1) is 6.54 Å². The highest BCUT2D eigenvalue weighted by Crippen LogP contribution is 2.16.